The Labute approximate surface area is 96.7 Å². The summed E-state index contributed by atoms with van der Waals surface area (Å²) in [6.45, 7) is 0. The molecule has 2 N–H and O–H groups in total. The molecule has 0 saturated carbocycles. The van der Waals surface area contributed by atoms with Crippen molar-refractivity contribution < 1.29 is 4.52 Å². The second-order valence-corrected chi connectivity index (χ2v) is 3.44. The summed E-state index contributed by atoms with van der Waals surface area (Å²) >= 11 is 0. The largest absolute Gasteiger partial charge is 0.383 e. The minimum absolute atomic E-state index is 0.365. The van der Waals surface area contributed by atoms with E-state index in [9.17, 15) is 0 Å². The van der Waals surface area contributed by atoms with Gasteiger partial charge in [0.05, 0.1) is 11.9 Å². The van der Waals surface area contributed by atoms with Gasteiger partial charge in [0.1, 0.15) is 11.4 Å². The quantitative estimate of drug-likeness (QED) is 0.717. The van der Waals surface area contributed by atoms with E-state index in [0.29, 0.717) is 17.3 Å². The van der Waals surface area contributed by atoms with Crippen LogP contribution in [0.15, 0.2) is 47.4 Å². The molecule has 0 atom stereocenters. The van der Waals surface area contributed by atoms with Crippen LogP contribution in [0, 0.1) is 0 Å². The monoisotopic (exact) mass is 227 g/mol. The fraction of sp³-hybridized carbons (Fsp3) is 0. The number of para-hydroxylation sites is 1. The van der Waals surface area contributed by atoms with Gasteiger partial charge in [-0.2, -0.15) is 10.1 Å². The van der Waals surface area contributed by atoms with Crippen molar-refractivity contribution >= 4 is 5.82 Å². The summed E-state index contributed by atoms with van der Waals surface area (Å²) in [5.41, 5.74) is 7.52. The highest BCUT2D eigenvalue weighted by molar-refractivity contribution is 5.68. The molecule has 0 aliphatic heterocycles. The van der Waals surface area contributed by atoms with Crippen LogP contribution in [0.4, 0.5) is 5.82 Å². The first-order chi connectivity index (χ1) is 8.36. The Morgan fingerprint density at radius 1 is 1.18 bits per heavy atom. The van der Waals surface area contributed by atoms with Crippen LogP contribution in [0.3, 0.4) is 0 Å². The molecule has 3 aromatic rings. The summed E-state index contributed by atoms with van der Waals surface area (Å²) < 4.78 is 6.58. The zero-order chi connectivity index (χ0) is 11.7. The molecular weight excluding hydrogens is 218 g/mol. The van der Waals surface area contributed by atoms with Crippen molar-refractivity contribution in [1.29, 1.82) is 0 Å². The van der Waals surface area contributed by atoms with Gasteiger partial charge < -0.3 is 10.3 Å². The molecule has 0 aliphatic rings. The molecule has 0 saturated heterocycles. The lowest BCUT2D eigenvalue weighted by molar-refractivity contribution is 0.430. The second-order valence-electron chi connectivity index (χ2n) is 3.44. The molecule has 2 aromatic heterocycles. The maximum absolute atomic E-state index is 6.00. The van der Waals surface area contributed by atoms with Crippen LogP contribution in [0.25, 0.3) is 17.1 Å². The molecule has 6 nitrogen and oxygen atoms in total. The lowest BCUT2D eigenvalue weighted by Crippen LogP contribution is -2.01. The highest BCUT2D eigenvalue weighted by Gasteiger charge is 2.14. The molecule has 3 rings (SSSR count). The Balaban J connectivity index is 2.10. The molecule has 0 spiro atoms. The molecule has 84 valence electrons. The summed E-state index contributed by atoms with van der Waals surface area (Å²) in [6, 6.07) is 9.61. The Hall–Kier alpha value is -2.63. The number of benzene rings is 1. The standard InChI is InChI=1S/C11H9N5O/c12-10-9(11-13-7-15-17-11)6-14-16(10)8-4-2-1-3-5-8/h1-7H,12H2. The van der Waals surface area contributed by atoms with Crippen LogP contribution in [-0.4, -0.2) is 19.9 Å². The number of hydrogen-bond donors (Lipinski definition) is 1. The van der Waals surface area contributed by atoms with Gasteiger partial charge >= 0.3 is 0 Å². The topological polar surface area (TPSA) is 82.8 Å². The molecule has 0 aliphatic carbocycles. The summed E-state index contributed by atoms with van der Waals surface area (Å²) in [5, 5.41) is 7.75. The summed E-state index contributed by atoms with van der Waals surface area (Å²) in [6.07, 6.45) is 2.93. The molecule has 0 amide bonds. The van der Waals surface area contributed by atoms with Crippen molar-refractivity contribution in [3.63, 3.8) is 0 Å². The summed E-state index contributed by atoms with van der Waals surface area (Å²) in [4.78, 5) is 3.94. The van der Waals surface area contributed by atoms with E-state index >= 15 is 0 Å². The Kier molecular flexibility index (Phi) is 2.11. The molecule has 0 bridgehead atoms. The van der Waals surface area contributed by atoms with Crippen molar-refractivity contribution in [3.8, 4) is 17.1 Å². The summed E-state index contributed by atoms with van der Waals surface area (Å²) in [5.74, 6) is 0.838. The SMILES string of the molecule is Nc1c(-c2ncno2)cnn1-c1ccccc1. The smallest absolute Gasteiger partial charge is 0.263 e. The first-order valence-corrected chi connectivity index (χ1v) is 5.02. The molecule has 17 heavy (non-hydrogen) atoms. The van der Waals surface area contributed by atoms with Gasteiger partial charge in [0, 0.05) is 0 Å². The fourth-order valence-electron chi connectivity index (χ4n) is 1.59. The molecule has 1 aromatic carbocycles. The second kappa shape index (κ2) is 3.75. The lowest BCUT2D eigenvalue weighted by Gasteiger charge is -2.03. The molecule has 2 heterocycles. The Bertz CT molecular complexity index is 615. The number of nitrogens with two attached hydrogens (primary N) is 1. The van der Waals surface area contributed by atoms with E-state index in [1.165, 1.54) is 6.33 Å². The highest BCUT2D eigenvalue weighted by Crippen LogP contribution is 2.25. The average molecular weight is 227 g/mol. The Morgan fingerprint density at radius 3 is 2.71 bits per heavy atom. The lowest BCUT2D eigenvalue weighted by atomic mass is 10.3. The molecule has 0 unspecified atom stereocenters. The number of anilines is 1. The van der Waals surface area contributed by atoms with Crippen molar-refractivity contribution in [2.24, 2.45) is 0 Å². The van der Waals surface area contributed by atoms with E-state index in [4.69, 9.17) is 10.3 Å². The number of hydrogen-bond acceptors (Lipinski definition) is 5. The van der Waals surface area contributed by atoms with E-state index in [2.05, 4.69) is 15.2 Å². The first-order valence-electron chi connectivity index (χ1n) is 5.02. The van der Waals surface area contributed by atoms with Crippen LogP contribution in [0.5, 0.6) is 0 Å². The molecular formula is C11H9N5O. The van der Waals surface area contributed by atoms with Gasteiger partial charge in [-0.25, -0.2) is 4.68 Å². The van der Waals surface area contributed by atoms with Crippen LogP contribution in [-0.2, 0) is 0 Å². The Morgan fingerprint density at radius 2 is 2.00 bits per heavy atom. The van der Waals surface area contributed by atoms with Gasteiger partial charge in [0.25, 0.3) is 5.89 Å². The predicted molar refractivity (Wildman–Crippen MR) is 61.3 cm³/mol. The van der Waals surface area contributed by atoms with Gasteiger partial charge in [-0.1, -0.05) is 23.4 Å². The number of rotatable bonds is 2. The predicted octanol–water partition coefficient (Wildman–Crippen LogP) is 1.50. The fourth-order valence-corrected chi connectivity index (χ4v) is 1.59. The van der Waals surface area contributed by atoms with Gasteiger partial charge in [-0.3, -0.25) is 0 Å². The third-order valence-corrected chi connectivity index (χ3v) is 2.40. The van der Waals surface area contributed by atoms with E-state index in [-0.39, 0.29) is 0 Å². The van der Waals surface area contributed by atoms with Crippen molar-refractivity contribution in [2.45, 2.75) is 0 Å². The maximum atomic E-state index is 6.00. The van der Waals surface area contributed by atoms with E-state index in [1.807, 2.05) is 30.3 Å². The van der Waals surface area contributed by atoms with Crippen LogP contribution >= 0.6 is 0 Å². The molecule has 0 radical (unpaired) electrons. The van der Waals surface area contributed by atoms with Crippen LogP contribution < -0.4 is 5.73 Å². The average Bonchev–Trinajstić information content (AvgIpc) is 2.99. The third kappa shape index (κ3) is 1.55. The number of aromatic nitrogens is 4. The van der Waals surface area contributed by atoms with Crippen LogP contribution in [0.1, 0.15) is 0 Å². The minimum Gasteiger partial charge on any atom is -0.383 e. The van der Waals surface area contributed by atoms with E-state index < -0.39 is 0 Å². The zero-order valence-corrected chi connectivity index (χ0v) is 8.82. The number of nitrogens with zero attached hydrogens (tertiary/aromatic N) is 4. The molecule has 6 heteroatoms. The number of nitrogen functional groups attached to an aromatic ring is 1. The van der Waals surface area contributed by atoms with E-state index in [0.717, 1.165) is 5.69 Å². The first kappa shape index (κ1) is 9.59. The van der Waals surface area contributed by atoms with E-state index in [1.54, 1.807) is 10.9 Å². The van der Waals surface area contributed by atoms with Crippen molar-refractivity contribution in [1.82, 2.24) is 19.9 Å². The summed E-state index contributed by atoms with van der Waals surface area (Å²) in [7, 11) is 0. The van der Waals surface area contributed by atoms with Crippen molar-refractivity contribution in [2.75, 3.05) is 5.73 Å². The van der Waals surface area contributed by atoms with Gasteiger partial charge in [-0.15, -0.1) is 0 Å². The molecule has 0 fully saturated rings. The maximum Gasteiger partial charge on any atom is 0.263 e. The zero-order valence-electron chi connectivity index (χ0n) is 8.82. The van der Waals surface area contributed by atoms with Crippen LogP contribution in [0.2, 0.25) is 0 Å². The van der Waals surface area contributed by atoms with Gasteiger partial charge in [0.2, 0.25) is 0 Å². The third-order valence-electron chi connectivity index (χ3n) is 2.40. The van der Waals surface area contributed by atoms with Gasteiger partial charge in [-0.05, 0) is 12.1 Å². The normalized spacial score (nSPS) is 10.6. The highest BCUT2D eigenvalue weighted by atomic mass is 16.5. The van der Waals surface area contributed by atoms with Gasteiger partial charge in [0.15, 0.2) is 6.33 Å². The minimum atomic E-state index is 0.365. The van der Waals surface area contributed by atoms with Crippen molar-refractivity contribution in [3.05, 3.63) is 42.9 Å².